The second-order valence-electron chi connectivity index (χ2n) is 16.6. The zero-order valence-corrected chi connectivity index (χ0v) is 29.1. The molecule has 3 heterocycles. The van der Waals surface area contributed by atoms with Crippen LogP contribution in [0.1, 0.15) is 85.0 Å². The summed E-state index contributed by atoms with van der Waals surface area (Å²) in [6, 6.07) is 0. The third-order valence-corrected chi connectivity index (χ3v) is 14.5. The minimum Gasteiger partial charge on any atom is -0.458 e. The van der Waals surface area contributed by atoms with E-state index in [1.807, 2.05) is 0 Å². The van der Waals surface area contributed by atoms with Gasteiger partial charge in [-0.3, -0.25) is 0 Å². The summed E-state index contributed by atoms with van der Waals surface area (Å²) >= 11 is 0. The summed E-state index contributed by atoms with van der Waals surface area (Å²) in [7, 11) is 1.55. The van der Waals surface area contributed by atoms with Crippen LogP contribution in [0, 0.1) is 28.6 Å². The molecule has 0 bridgehead atoms. The van der Waals surface area contributed by atoms with Crippen LogP contribution in [0.25, 0.3) is 0 Å². The van der Waals surface area contributed by atoms with Crippen LogP contribution in [-0.2, 0) is 33.2 Å². The van der Waals surface area contributed by atoms with E-state index in [4.69, 9.17) is 28.4 Å². The minimum absolute atomic E-state index is 0.0724. The molecule has 0 spiro atoms. The molecule has 3 aliphatic heterocycles. The Hall–Kier alpha value is -1.23. The van der Waals surface area contributed by atoms with E-state index in [2.05, 4.69) is 13.8 Å². The zero-order chi connectivity index (χ0) is 35.1. The maximum absolute atomic E-state index is 12.5. The number of carbonyl (C=O) groups excluding carboxylic acids is 1. The Kier molecular flexibility index (Phi) is 9.60. The van der Waals surface area contributed by atoms with Crippen LogP contribution in [0.3, 0.4) is 0 Å². The van der Waals surface area contributed by atoms with Gasteiger partial charge in [-0.2, -0.15) is 0 Å². The summed E-state index contributed by atoms with van der Waals surface area (Å²) in [5.41, 5.74) is -1.52. The number of aliphatic hydroxyl groups is 6. The van der Waals surface area contributed by atoms with Crippen molar-refractivity contribution in [1.82, 2.24) is 0 Å². The summed E-state index contributed by atoms with van der Waals surface area (Å²) < 4.78 is 35.4. The molecule has 6 fully saturated rings. The second-order valence-corrected chi connectivity index (χ2v) is 16.6. The molecule has 4 saturated carbocycles. The Labute approximate surface area is 287 Å². The van der Waals surface area contributed by atoms with E-state index in [0.29, 0.717) is 32.3 Å². The van der Waals surface area contributed by atoms with Crippen LogP contribution in [0.4, 0.5) is 0 Å². The van der Waals surface area contributed by atoms with Crippen molar-refractivity contribution in [3.05, 3.63) is 11.6 Å². The maximum Gasteiger partial charge on any atom is 0.331 e. The third-order valence-electron chi connectivity index (χ3n) is 14.5. The van der Waals surface area contributed by atoms with E-state index in [9.17, 15) is 35.4 Å². The van der Waals surface area contributed by atoms with Gasteiger partial charge in [0.15, 0.2) is 12.6 Å². The molecule has 49 heavy (non-hydrogen) atoms. The molecule has 0 aromatic rings. The summed E-state index contributed by atoms with van der Waals surface area (Å²) in [5, 5.41) is 65.4. The molecule has 0 amide bonds. The van der Waals surface area contributed by atoms with E-state index in [1.54, 1.807) is 20.1 Å². The van der Waals surface area contributed by atoms with Gasteiger partial charge in [-0.25, -0.2) is 4.79 Å². The molecule has 0 unspecified atom stereocenters. The number of hydrogen-bond donors (Lipinski definition) is 6. The first-order valence-corrected chi connectivity index (χ1v) is 18.3. The fourth-order valence-corrected chi connectivity index (χ4v) is 11.5. The van der Waals surface area contributed by atoms with Crippen LogP contribution in [0.2, 0.25) is 0 Å². The number of methoxy groups -OCH3 is 1. The fraction of sp³-hybridized carbons (Fsp3) is 0.917. The number of carbonyl (C=O) groups is 1. The number of esters is 1. The van der Waals surface area contributed by atoms with Crippen LogP contribution in [-0.4, -0.2) is 130 Å². The number of ether oxygens (including phenoxy) is 6. The van der Waals surface area contributed by atoms with Crippen LogP contribution in [0.5, 0.6) is 0 Å². The van der Waals surface area contributed by atoms with Crippen molar-refractivity contribution in [2.75, 3.05) is 20.3 Å². The van der Waals surface area contributed by atoms with Crippen molar-refractivity contribution in [3.8, 4) is 0 Å². The lowest BCUT2D eigenvalue weighted by atomic mass is 9.42. The average molecular weight is 697 g/mol. The van der Waals surface area contributed by atoms with E-state index in [0.717, 1.165) is 44.1 Å². The Balaban J connectivity index is 0.994. The highest BCUT2D eigenvalue weighted by Gasteiger charge is 2.70. The van der Waals surface area contributed by atoms with Gasteiger partial charge in [-0.1, -0.05) is 13.8 Å². The fourth-order valence-electron chi connectivity index (χ4n) is 11.5. The van der Waals surface area contributed by atoms with Crippen molar-refractivity contribution in [1.29, 1.82) is 0 Å². The van der Waals surface area contributed by atoms with E-state index >= 15 is 0 Å². The lowest BCUT2D eigenvalue weighted by Crippen LogP contribution is -2.67. The van der Waals surface area contributed by atoms with Gasteiger partial charge in [-0.15, -0.1) is 0 Å². The normalized spacial score (nSPS) is 54.4. The zero-order valence-electron chi connectivity index (χ0n) is 29.1. The van der Waals surface area contributed by atoms with Gasteiger partial charge in [0.05, 0.1) is 36.1 Å². The molecule has 13 heteroatoms. The lowest BCUT2D eigenvalue weighted by molar-refractivity contribution is -0.347. The van der Waals surface area contributed by atoms with Crippen molar-refractivity contribution < 1.29 is 63.9 Å². The second kappa shape index (κ2) is 13.0. The smallest absolute Gasteiger partial charge is 0.331 e. The van der Waals surface area contributed by atoms with Gasteiger partial charge in [0.1, 0.15) is 37.1 Å². The summed E-state index contributed by atoms with van der Waals surface area (Å²) in [6.07, 6.45) is -1.10. The topological polar surface area (TPSA) is 194 Å². The predicted molar refractivity (Wildman–Crippen MR) is 170 cm³/mol. The highest BCUT2D eigenvalue weighted by molar-refractivity contribution is 5.85. The largest absolute Gasteiger partial charge is 0.458 e. The third kappa shape index (κ3) is 5.65. The van der Waals surface area contributed by atoms with Gasteiger partial charge < -0.3 is 59.1 Å². The molecular formula is C36H56O13. The standard InChI is InChI=1S/C36H56O13/c1-18-31(49-32-30(41)29(40)28(39)25(16-37)48-32)24(44-4)14-27(46-18)47-20-5-9-33(2)22-6-10-34(3)21(19-13-26(38)45-17-19)8-12-36(34,43)23(22)7-11-35(33,42)15-20/h13,18,20-25,27-32,37,39-43H,5-12,14-17H2,1-4H3/t18-,20+,21+,22+,23-,24-,25+,27+,28+,29-,30+,31-,32-,33-,34-,35+,36+/m1/s1. The predicted octanol–water partition coefficient (Wildman–Crippen LogP) is 1.08. The summed E-state index contributed by atoms with van der Waals surface area (Å²) in [5.74, 6) is 0.0783. The lowest BCUT2D eigenvalue weighted by Gasteiger charge is -2.66. The SMILES string of the molecule is CO[C@@H]1C[C@H](O[C@H]2CC[C@]3(C)[C@H]4CC[C@]5(C)[C@H](C6=CC(=O)OC6)CC[C@]5(O)[C@@H]4CC[C@]3(O)C2)O[C@H](C)[C@H]1O[C@H]1O[C@@H](CO)[C@H](O)[C@@H](O)[C@@H]1O. The first-order chi connectivity index (χ1) is 23.2. The average Bonchev–Trinajstić information content (AvgIpc) is 3.61. The molecular weight excluding hydrogens is 640 g/mol. The van der Waals surface area contributed by atoms with Crippen LogP contribution < -0.4 is 0 Å². The van der Waals surface area contributed by atoms with Gasteiger partial charge in [-0.05, 0) is 87.0 Å². The molecule has 17 atom stereocenters. The van der Waals surface area contributed by atoms with Crippen molar-refractivity contribution in [2.45, 2.75) is 158 Å². The molecule has 0 aromatic heterocycles. The van der Waals surface area contributed by atoms with Crippen LogP contribution >= 0.6 is 0 Å². The molecule has 7 aliphatic rings. The Morgan fingerprint density at radius 3 is 2.33 bits per heavy atom. The molecule has 7 rings (SSSR count). The summed E-state index contributed by atoms with van der Waals surface area (Å²) in [4.78, 5) is 11.9. The number of aliphatic hydroxyl groups excluding tert-OH is 4. The number of fused-ring (bicyclic) bond motifs is 5. The van der Waals surface area contributed by atoms with Crippen molar-refractivity contribution >= 4 is 5.97 Å². The molecule has 6 N–H and O–H groups in total. The Morgan fingerprint density at radius 1 is 0.898 bits per heavy atom. The van der Waals surface area contributed by atoms with Gasteiger partial charge >= 0.3 is 5.97 Å². The van der Waals surface area contributed by atoms with Gasteiger partial charge in [0.2, 0.25) is 0 Å². The first-order valence-electron chi connectivity index (χ1n) is 18.3. The van der Waals surface area contributed by atoms with Crippen molar-refractivity contribution in [3.63, 3.8) is 0 Å². The van der Waals surface area contributed by atoms with Crippen LogP contribution in [0.15, 0.2) is 11.6 Å². The highest BCUT2D eigenvalue weighted by Crippen LogP contribution is 2.70. The first kappa shape index (κ1) is 36.1. The molecule has 278 valence electrons. The Morgan fingerprint density at radius 2 is 1.63 bits per heavy atom. The molecule has 0 aromatic carbocycles. The van der Waals surface area contributed by atoms with E-state index in [1.165, 1.54) is 0 Å². The number of rotatable bonds is 7. The van der Waals surface area contributed by atoms with Crippen molar-refractivity contribution in [2.24, 2.45) is 28.6 Å². The Bertz CT molecular complexity index is 1280. The van der Waals surface area contributed by atoms with E-state index < -0.39 is 73.1 Å². The monoisotopic (exact) mass is 696 g/mol. The maximum atomic E-state index is 12.5. The number of hydrogen-bond acceptors (Lipinski definition) is 13. The van der Waals surface area contributed by atoms with E-state index in [-0.39, 0.29) is 40.7 Å². The molecule has 4 aliphatic carbocycles. The van der Waals surface area contributed by atoms with Gasteiger partial charge in [0.25, 0.3) is 0 Å². The summed E-state index contributed by atoms with van der Waals surface area (Å²) in [6.45, 7) is 5.98. The molecule has 2 saturated heterocycles. The van der Waals surface area contributed by atoms with Gasteiger partial charge in [0, 0.05) is 31.4 Å². The minimum atomic E-state index is -1.56. The quantitative estimate of drug-likeness (QED) is 0.164. The molecule has 0 radical (unpaired) electrons. The number of cyclic esters (lactones) is 1. The molecule has 13 nitrogen and oxygen atoms in total. The highest BCUT2D eigenvalue weighted by atomic mass is 16.7.